The third kappa shape index (κ3) is 0.956. The molecule has 0 aliphatic heterocycles. The third-order valence-electron chi connectivity index (χ3n) is 1.55. The first kappa shape index (κ1) is 7.49. The van der Waals surface area contributed by atoms with Crippen LogP contribution in [0, 0.1) is 11.6 Å². The molecule has 62 valence electrons. The van der Waals surface area contributed by atoms with Gasteiger partial charge in [0.2, 0.25) is 0 Å². The number of halogens is 3. The molecular weight excluding hydrogens is 186 g/mol. The number of H-pyrrole nitrogens is 1. The van der Waals surface area contributed by atoms with Gasteiger partial charge >= 0.3 is 0 Å². The zero-order chi connectivity index (χ0) is 8.72. The first-order valence-electron chi connectivity index (χ1n) is 3.17. The molecule has 0 bridgehead atoms. The van der Waals surface area contributed by atoms with E-state index in [1.165, 1.54) is 0 Å². The highest BCUT2D eigenvalue weighted by molar-refractivity contribution is 6.34. The summed E-state index contributed by atoms with van der Waals surface area (Å²) < 4.78 is 25.2. The fourth-order valence-corrected chi connectivity index (χ4v) is 1.17. The van der Waals surface area contributed by atoms with Gasteiger partial charge in [-0.2, -0.15) is 5.10 Å². The van der Waals surface area contributed by atoms with E-state index < -0.39 is 11.6 Å². The molecule has 12 heavy (non-hydrogen) atoms. The van der Waals surface area contributed by atoms with Gasteiger partial charge in [0.1, 0.15) is 5.15 Å². The fourth-order valence-electron chi connectivity index (χ4n) is 0.974. The molecule has 1 aromatic carbocycles. The molecule has 0 spiro atoms. The van der Waals surface area contributed by atoms with E-state index in [1.807, 2.05) is 0 Å². The largest absolute Gasteiger partial charge is 0.266 e. The van der Waals surface area contributed by atoms with E-state index in [2.05, 4.69) is 10.2 Å². The number of rotatable bonds is 0. The Morgan fingerprint density at radius 1 is 1.25 bits per heavy atom. The van der Waals surface area contributed by atoms with E-state index in [9.17, 15) is 8.78 Å². The highest BCUT2D eigenvalue weighted by Gasteiger charge is 2.08. The Hall–Kier alpha value is -1.16. The van der Waals surface area contributed by atoms with Crippen molar-refractivity contribution in [3.63, 3.8) is 0 Å². The summed E-state index contributed by atoms with van der Waals surface area (Å²) in [6.07, 6.45) is 0. The summed E-state index contributed by atoms with van der Waals surface area (Å²) in [7, 11) is 0. The molecule has 2 rings (SSSR count). The van der Waals surface area contributed by atoms with Gasteiger partial charge in [-0.05, 0) is 6.07 Å². The second-order valence-corrected chi connectivity index (χ2v) is 2.70. The molecule has 0 atom stereocenters. The van der Waals surface area contributed by atoms with Crippen LogP contribution in [0.5, 0.6) is 0 Å². The van der Waals surface area contributed by atoms with Crippen molar-refractivity contribution < 1.29 is 8.78 Å². The number of aromatic amines is 1. The van der Waals surface area contributed by atoms with Gasteiger partial charge in [-0.25, -0.2) is 8.78 Å². The van der Waals surface area contributed by atoms with Crippen molar-refractivity contribution in [2.24, 2.45) is 0 Å². The molecule has 5 heteroatoms. The molecule has 0 amide bonds. The minimum atomic E-state index is -0.925. The standard InChI is InChI=1S/C7H3ClF2N2/c8-7-3-1-4(9)5(10)2-6(3)11-12-7/h1-2H,(H,11,12). The molecule has 0 saturated heterocycles. The molecule has 0 fully saturated rings. The van der Waals surface area contributed by atoms with E-state index in [-0.39, 0.29) is 5.15 Å². The van der Waals surface area contributed by atoms with Crippen molar-refractivity contribution in [1.29, 1.82) is 0 Å². The van der Waals surface area contributed by atoms with Crippen molar-refractivity contribution >= 4 is 22.5 Å². The maximum atomic E-state index is 12.6. The summed E-state index contributed by atoms with van der Waals surface area (Å²) in [4.78, 5) is 0. The Morgan fingerprint density at radius 2 is 1.92 bits per heavy atom. The second-order valence-electron chi connectivity index (χ2n) is 2.32. The van der Waals surface area contributed by atoms with Crippen LogP contribution in [0.4, 0.5) is 8.78 Å². The summed E-state index contributed by atoms with van der Waals surface area (Å²) in [6, 6.07) is 2.00. The van der Waals surface area contributed by atoms with Gasteiger partial charge in [-0.1, -0.05) is 11.6 Å². The van der Waals surface area contributed by atoms with E-state index >= 15 is 0 Å². The molecule has 1 N–H and O–H groups in total. The first-order chi connectivity index (χ1) is 5.68. The number of aromatic nitrogens is 2. The zero-order valence-electron chi connectivity index (χ0n) is 5.74. The highest BCUT2D eigenvalue weighted by atomic mass is 35.5. The van der Waals surface area contributed by atoms with Gasteiger partial charge in [0.15, 0.2) is 11.6 Å². The zero-order valence-corrected chi connectivity index (χ0v) is 6.49. The topological polar surface area (TPSA) is 28.7 Å². The van der Waals surface area contributed by atoms with Gasteiger partial charge in [-0.3, -0.25) is 5.10 Å². The number of nitrogens with zero attached hydrogens (tertiary/aromatic N) is 1. The van der Waals surface area contributed by atoms with Crippen LogP contribution in [0.25, 0.3) is 10.9 Å². The fraction of sp³-hybridized carbons (Fsp3) is 0. The Kier molecular flexibility index (Phi) is 1.51. The van der Waals surface area contributed by atoms with E-state index in [0.717, 1.165) is 12.1 Å². The normalized spacial score (nSPS) is 10.9. The van der Waals surface area contributed by atoms with Crippen molar-refractivity contribution in [3.8, 4) is 0 Å². The van der Waals surface area contributed by atoms with Gasteiger partial charge < -0.3 is 0 Å². The number of fused-ring (bicyclic) bond motifs is 1. The minimum absolute atomic E-state index is 0.212. The van der Waals surface area contributed by atoms with Crippen LogP contribution in [-0.4, -0.2) is 10.2 Å². The molecular formula is C7H3ClF2N2. The van der Waals surface area contributed by atoms with Crippen molar-refractivity contribution in [2.45, 2.75) is 0 Å². The lowest BCUT2D eigenvalue weighted by molar-refractivity contribution is 0.511. The average Bonchev–Trinajstić information content (AvgIpc) is 2.35. The molecule has 2 aromatic rings. The smallest absolute Gasteiger partial charge is 0.161 e. The first-order valence-corrected chi connectivity index (χ1v) is 3.55. The predicted molar refractivity (Wildman–Crippen MR) is 41.0 cm³/mol. The predicted octanol–water partition coefficient (Wildman–Crippen LogP) is 2.49. The van der Waals surface area contributed by atoms with E-state index in [0.29, 0.717) is 10.9 Å². The molecule has 0 aliphatic rings. The molecule has 2 nitrogen and oxygen atoms in total. The summed E-state index contributed by atoms with van der Waals surface area (Å²) in [5, 5.41) is 6.67. The van der Waals surface area contributed by atoms with Crippen LogP contribution in [-0.2, 0) is 0 Å². The molecule has 0 aliphatic carbocycles. The molecule has 0 saturated carbocycles. The van der Waals surface area contributed by atoms with Gasteiger partial charge in [0.25, 0.3) is 0 Å². The maximum Gasteiger partial charge on any atom is 0.161 e. The number of nitrogens with one attached hydrogen (secondary N) is 1. The number of hydrogen-bond donors (Lipinski definition) is 1. The van der Waals surface area contributed by atoms with Gasteiger partial charge in [0.05, 0.1) is 5.52 Å². The Balaban J connectivity index is 2.87. The molecule has 1 aromatic heterocycles. The van der Waals surface area contributed by atoms with Crippen LogP contribution in [0.15, 0.2) is 12.1 Å². The minimum Gasteiger partial charge on any atom is -0.266 e. The molecule has 0 unspecified atom stereocenters. The second kappa shape index (κ2) is 2.42. The van der Waals surface area contributed by atoms with Crippen LogP contribution in [0.3, 0.4) is 0 Å². The summed E-state index contributed by atoms with van der Waals surface area (Å²) in [5.74, 6) is -1.85. The Morgan fingerprint density at radius 3 is 2.67 bits per heavy atom. The monoisotopic (exact) mass is 188 g/mol. The number of hydrogen-bond acceptors (Lipinski definition) is 1. The lowest BCUT2D eigenvalue weighted by Crippen LogP contribution is -1.81. The van der Waals surface area contributed by atoms with Crippen molar-refractivity contribution in [2.75, 3.05) is 0 Å². The Bertz CT molecular complexity index is 438. The van der Waals surface area contributed by atoms with Crippen LogP contribution < -0.4 is 0 Å². The highest BCUT2D eigenvalue weighted by Crippen LogP contribution is 2.22. The van der Waals surface area contributed by atoms with Crippen molar-refractivity contribution in [1.82, 2.24) is 10.2 Å². The summed E-state index contributed by atoms with van der Waals surface area (Å²) in [5.41, 5.74) is 0.318. The maximum absolute atomic E-state index is 12.6. The van der Waals surface area contributed by atoms with Crippen LogP contribution >= 0.6 is 11.6 Å². The lowest BCUT2D eigenvalue weighted by atomic mass is 10.2. The molecule has 1 heterocycles. The van der Waals surface area contributed by atoms with Crippen molar-refractivity contribution in [3.05, 3.63) is 28.9 Å². The van der Waals surface area contributed by atoms with E-state index in [1.54, 1.807) is 0 Å². The average molecular weight is 189 g/mol. The van der Waals surface area contributed by atoms with Crippen LogP contribution in [0.1, 0.15) is 0 Å². The van der Waals surface area contributed by atoms with E-state index in [4.69, 9.17) is 11.6 Å². The lowest BCUT2D eigenvalue weighted by Gasteiger charge is -1.91. The SMILES string of the molecule is Fc1cc2n[nH]c(Cl)c2cc1F. The molecule has 0 radical (unpaired) electrons. The van der Waals surface area contributed by atoms with Gasteiger partial charge in [0, 0.05) is 11.5 Å². The number of benzene rings is 1. The third-order valence-corrected chi connectivity index (χ3v) is 1.84. The summed E-state index contributed by atoms with van der Waals surface area (Å²) in [6.45, 7) is 0. The van der Waals surface area contributed by atoms with Gasteiger partial charge in [-0.15, -0.1) is 0 Å². The Labute approximate surface area is 71.1 Å². The van der Waals surface area contributed by atoms with Crippen LogP contribution in [0.2, 0.25) is 5.15 Å². The quantitative estimate of drug-likeness (QED) is 0.676. The summed E-state index contributed by atoms with van der Waals surface area (Å²) >= 11 is 5.59.